The van der Waals surface area contributed by atoms with Gasteiger partial charge in [-0.3, -0.25) is 4.79 Å². The van der Waals surface area contributed by atoms with Crippen LogP contribution in [0.25, 0.3) is 0 Å². The number of Topliss-reactive ketones (excluding diaryl/α,β-unsaturated/α-hetero) is 1. The molecule has 21 heavy (non-hydrogen) atoms. The normalized spacial score (nSPS) is 13.4. The summed E-state index contributed by atoms with van der Waals surface area (Å²) in [6.45, 7) is 0. The molecule has 1 atom stereocenters. The van der Waals surface area contributed by atoms with E-state index < -0.39 is 54.9 Å². The zero-order valence-corrected chi connectivity index (χ0v) is 11.7. The van der Waals surface area contributed by atoms with Crippen molar-refractivity contribution in [2.75, 3.05) is 14.2 Å². The molecule has 1 rings (SSSR count). The van der Waals surface area contributed by atoms with Gasteiger partial charge in [0.2, 0.25) is 5.82 Å². The molecule has 118 valence electrons. The van der Waals surface area contributed by atoms with Crippen molar-refractivity contribution in [1.29, 1.82) is 0 Å². The number of rotatable bonds is 5. The Morgan fingerprint density at radius 3 is 1.67 bits per heavy atom. The van der Waals surface area contributed by atoms with E-state index >= 15 is 0 Å². The molecule has 0 saturated heterocycles. The van der Waals surface area contributed by atoms with Crippen molar-refractivity contribution < 1.29 is 40.4 Å². The highest BCUT2D eigenvalue weighted by Crippen LogP contribution is 2.25. The molecule has 0 amide bonds. The van der Waals surface area contributed by atoms with E-state index in [4.69, 9.17) is 5.73 Å². The van der Waals surface area contributed by atoms with Crippen LogP contribution in [0.5, 0.6) is 0 Å². The standard InChI is InChI=1S/C10H10F5NO4Si/c1-19-21(18,20-2)10(16)9(17)3-4(11)6(13)8(15)7(14)5(3)12/h10,18H,16H2,1-2H3. The summed E-state index contributed by atoms with van der Waals surface area (Å²) >= 11 is 0. The van der Waals surface area contributed by atoms with Gasteiger partial charge in [0, 0.05) is 14.2 Å². The number of nitrogens with two attached hydrogens (primary N) is 1. The van der Waals surface area contributed by atoms with Crippen LogP contribution in [0, 0.1) is 29.1 Å². The van der Waals surface area contributed by atoms with E-state index in [0.717, 1.165) is 14.2 Å². The van der Waals surface area contributed by atoms with E-state index in [0.29, 0.717) is 0 Å². The molecule has 1 unspecified atom stereocenters. The predicted molar refractivity (Wildman–Crippen MR) is 60.5 cm³/mol. The van der Waals surface area contributed by atoms with Crippen LogP contribution in [-0.4, -0.2) is 39.3 Å². The van der Waals surface area contributed by atoms with Crippen molar-refractivity contribution in [3.05, 3.63) is 34.6 Å². The maximum Gasteiger partial charge on any atom is 0.523 e. The molecule has 0 aliphatic rings. The second-order valence-electron chi connectivity index (χ2n) is 3.83. The van der Waals surface area contributed by atoms with Crippen LogP contribution >= 0.6 is 0 Å². The molecule has 0 aliphatic heterocycles. The Balaban J connectivity index is 3.45. The van der Waals surface area contributed by atoms with Crippen LogP contribution in [0.4, 0.5) is 22.0 Å². The summed E-state index contributed by atoms with van der Waals surface area (Å²) in [4.78, 5) is 21.6. The number of hydrogen-bond donors (Lipinski definition) is 2. The van der Waals surface area contributed by atoms with E-state index in [9.17, 15) is 31.5 Å². The lowest BCUT2D eigenvalue weighted by Crippen LogP contribution is -2.61. The van der Waals surface area contributed by atoms with Crippen LogP contribution in [-0.2, 0) is 8.85 Å². The fourth-order valence-electron chi connectivity index (χ4n) is 1.48. The highest BCUT2D eigenvalue weighted by atomic mass is 28.4. The van der Waals surface area contributed by atoms with Gasteiger partial charge < -0.3 is 19.4 Å². The minimum atomic E-state index is -4.38. The predicted octanol–water partition coefficient (Wildman–Crippen LogP) is 0.655. The molecule has 1 aromatic rings. The Kier molecular flexibility index (Phi) is 5.17. The second-order valence-corrected chi connectivity index (χ2v) is 6.53. The van der Waals surface area contributed by atoms with Crippen molar-refractivity contribution >= 4 is 14.6 Å². The Morgan fingerprint density at radius 1 is 1.00 bits per heavy atom. The van der Waals surface area contributed by atoms with Crippen molar-refractivity contribution in [3.8, 4) is 0 Å². The third-order valence-corrected chi connectivity index (χ3v) is 4.93. The Hall–Kier alpha value is -1.40. The van der Waals surface area contributed by atoms with E-state index in [-0.39, 0.29) is 0 Å². The molecule has 0 heterocycles. The summed E-state index contributed by atoms with van der Waals surface area (Å²) in [6, 6.07) is 0. The fourth-order valence-corrected chi connectivity index (χ4v) is 2.63. The monoisotopic (exact) mass is 331 g/mol. The molecule has 1 aromatic carbocycles. The van der Waals surface area contributed by atoms with Gasteiger partial charge in [-0.05, 0) is 0 Å². The summed E-state index contributed by atoms with van der Waals surface area (Å²) in [7, 11) is -2.58. The number of carbonyl (C=O) groups excluding carboxylic acids is 1. The zero-order chi connectivity index (χ0) is 16.5. The van der Waals surface area contributed by atoms with Gasteiger partial charge in [-0.2, -0.15) is 0 Å². The molecule has 3 N–H and O–H groups in total. The molecule has 0 bridgehead atoms. The average molecular weight is 331 g/mol. The Morgan fingerprint density at radius 2 is 1.33 bits per heavy atom. The first kappa shape index (κ1) is 17.6. The van der Waals surface area contributed by atoms with E-state index in [1.807, 2.05) is 0 Å². The van der Waals surface area contributed by atoms with Crippen LogP contribution in [0.3, 0.4) is 0 Å². The average Bonchev–Trinajstić information content (AvgIpc) is 2.49. The zero-order valence-electron chi connectivity index (χ0n) is 10.7. The lowest BCUT2D eigenvalue weighted by molar-refractivity contribution is 0.0892. The number of ketones is 1. The molecule has 5 nitrogen and oxygen atoms in total. The maximum absolute atomic E-state index is 13.5. The first-order valence-corrected chi connectivity index (χ1v) is 7.10. The minimum Gasteiger partial charge on any atom is -0.389 e. The van der Waals surface area contributed by atoms with Crippen LogP contribution in [0.2, 0.25) is 0 Å². The number of halogens is 5. The van der Waals surface area contributed by atoms with Crippen molar-refractivity contribution in [1.82, 2.24) is 0 Å². The van der Waals surface area contributed by atoms with Gasteiger partial charge in [0.1, 0.15) is 5.67 Å². The molecule has 0 spiro atoms. The SMILES string of the molecule is CO[Si](O)(OC)C(N)C(=O)c1c(F)c(F)c(F)c(F)c1F. The Labute approximate surface area is 116 Å². The van der Waals surface area contributed by atoms with Crippen LogP contribution in [0.15, 0.2) is 0 Å². The summed E-state index contributed by atoms with van der Waals surface area (Å²) in [5.74, 6) is -13.5. The summed E-state index contributed by atoms with van der Waals surface area (Å²) < 4.78 is 74.8. The fraction of sp³-hybridized carbons (Fsp3) is 0.300. The smallest absolute Gasteiger partial charge is 0.389 e. The first-order valence-electron chi connectivity index (χ1n) is 5.26. The van der Waals surface area contributed by atoms with Gasteiger partial charge in [0.05, 0.1) is 5.56 Å². The lowest BCUT2D eigenvalue weighted by Gasteiger charge is -2.25. The van der Waals surface area contributed by atoms with Gasteiger partial charge >= 0.3 is 8.80 Å². The molecule has 0 aromatic heterocycles. The van der Waals surface area contributed by atoms with Gasteiger partial charge in [-0.15, -0.1) is 0 Å². The van der Waals surface area contributed by atoms with Crippen molar-refractivity contribution in [2.24, 2.45) is 5.73 Å². The van der Waals surface area contributed by atoms with Gasteiger partial charge in [-0.1, -0.05) is 0 Å². The van der Waals surface area contributed by atoms with E-state index in [2.05, 4.69) is 8.85 Å². The third kappa shape index (κ3) is 2.82. The topological polar surface area (TPSA) is 81.8 Å². The Bertz CT molecular complexity index is 552. The number of benzene rings is 1. The van der Waals surface area contributed by atoms with Crippen molar-refractivity contribution in [3.63, 3.8) is 0 Å². The molecule has 0 fully saturated rings. The minimum absolute atomic E-state index is 0.904. The van der Waals surface area contributed by atoms with Gasteiger partial charge in [-0.25, -0.2) is 22.0 Å². The van der Waals surface area contributed by atoms with E-state index in [1.54, 1.807) is 0 Å². The molecule has 0 aliphatic carbocycles. The van der Waals surface area contributed by atoms with Crippen LogP contribution in [0.1, 0.15) is 10.4 Å². The highest BCUT2D eigenvalue weighted by Gasteiger charge is 2.49. The van der Waals surface area contributed by atoms with Crippen LogP contribution < -0.4 is 5.73 Å². The third-order valence-electron chi connectivity index (χ3n) is 2.72. The highest BCUT2D eigenvalue weighted by molar-refractivity contribution is 6.65. The van der Waals surface area contributed by atoms with E-state index in [1.165, 1.54) is 0 Å². The largest absolute Gasteiger partial charge is 0.523 e. The second kappa shape index (κ2) is 6.15. The van der Waals surface area contributed by atoms with Gasteiger partial charge in [0.25, 0.3) is 0 Å². The molecule has 11 heteroatoms. The quantitative estimate of drug-likeness (QED) is 0.272. The van der Waals surface area contributed by atoms with Gasteiger partial charge in [0.15, 0.2) is 29.1 Å². The summed E-state index contributed by atoms with van der Waals surface area (Å²) in [5, 5.41) is 0. The lowest BCUT2D eigenvalue weighted by atomic mass is 10.1. The molecular weight excluding hydrogens is 321 g/mol. The maximum atomic E-state index is 13.5. The summed E-state index contributed by atoms with van der Waals surface area (Å²) in [5.41, 5.74) is 1.38. The first-order chi connectivity index (χ1) is 9.62. The molecule has 0 radical (unpaired) electrons. The molecular formula is C10H10F5NO4Si. The van der Waals surface area contributed by atoms with Crippen molar-refractivity contribution in [2.45, 2.75) is 5.67 Å². The number of carbonyl (C=O) groups is 1. The number of hydrogen-bond acceptors (Lipinski definition) is 5. The summed E-state index contributed by atoms with van der Waals surface area (Å²) in [6.07, 6.45) is 0. The molecule has 0 saturated carbocycles.